The maximum Gasteiger partial charge on any atom is 0.267 e. The summed E-state index contributed by atoms with van der Waals surface area (Å²) in [6.45, 7) is 4.39. The number of amides is 2. The van der Waals surface area contributed by atoms with Crippen LogP contribution in [0.25, 0.3) is 10.2 Å². The molecule has 0 spiro atoms. The van der Waals surface area contributed by atoms with Gasteiger partial charge in [0, 0.05) is 43.7 Å². The van der Waals surface area contributed by atoms with Crippen molar-refractivity contribution in [2.45, 2.75) is 19.3 Å². The van der Waals surface area contributed by atoms with Gasteiger partial charge in [-0.25, -0.2) is 4.98 Å². The van der Waals surface area contributed by atoms with Crippen molar-refractivity contribution in [2.75, 3.05) is 40.3 Å². The van der Waals surface area contributed by atoms with Gasteiger partial charge in [0.05, 0.1) is 10.6 Å². The predicted octanol–water partition coefficient (Wildman–Crippen LogP) is 2.38. The molecule has 0 unspecified atom stereocenters. The molecule has 4 rings (SSSR count). The molecule has 0 radical (unpaired) electrons. The Labute approximate surface area is 183 Å². The van der Waals surface area contributed by atoms with E-state index in [1.54, 1.807) is 13.1 Å². The van der Waals surface area contributed by atoms with E-state index in [0.717, 1.165) is 40.3 Å². The molecule has 2 amide bonds. The fourth-order valence-electron chi connectivity index (χ4n) is 3.75. The first kappa shape index (κ1) is 20.8. The summed E-state index contributed by atoms with van der Waals surface area (Å²) in [5, 5.41) is 7.99. The van der Waals surface area contributed by atoms with E-state index in [4.69, 9.17) is 0 Å². The number of nitrogens with one attached hydrogen (secondary N) is 1. The molecule has 1 aliphatic heterocycles. The molecule has 0 bridgehead atoms. The molecule has 1 aliphatic rings. The number of likely N-dealkylation sites (tertiary alicyclic amines) is 1. The van der Waals surface area contributed by atoms with Gasteiger partial charge in [-0.2, -0.15) is 0 Å². The minimum absolute atomic E-state index is 0.0281. The number of rotatable bonds is 6. The second-order valence-electron chi connectivity index (χ2n) is 7.68. The van der Waals surface area contributed by atoms with Crippen LogP contribution in [0.15, 0.2) is 18.3 Å². The van der Waals surface area contributed by atoms with Crippen molar-refractivity contribution in [1.82, 2.24) is 29.7 Å². The summed E-state index contributed by atoms with van der Waals surface area (Å²) in [6.07, 6.45) is 2.57. The molecule has 8 nitrogen and oxygen atoms in total. The monoisotopic (exact) mass is 444 g/mol. The van der Waals surface area contributed by atoms with Crippen molar-refractivity contribution in [3.05, 3.63) is 39.3 Å². The first-order chi connectivity index (χ1) is 14.5. The number of nitrogens with zero attached hydrogens (tertiary/aromatic N) is 5. The van der Waals surface area contributed by atoms with Crippen LogP contribution in [0.2, 0.25) is 0 Å². The summed E-state index contributed by atoms with van der Waals surface area (Å²) in [5.41, 5.74) is 1.68. The Kier molecular flexibility index (Phi) is 6.07. The van der Waals surface area contributed by atoms with Gasteiger partial charge in [0.2, 0.25) is 0 Å². The molecule has 0 aromatic carbocycles. The Morgan fingerprint density at radius 3 is 2.90 bits per heavy atom. The molecule has 0 aliphatic carbocycles. The largest absolute Gasteiger partial charge is 0.350 e. The van der Waals surface area contributed by atoms with Gasteiger partial charge in [0.1, 0.15) is 9.71 Å². The highest BCUT2D eigenvalue weighted by atomic mass is 32.1. The zero-order chi connectivity index (χ0) is 21.3. The summed E-state index contributed by atoms with van der Waals surface area (Å²) in [6, 6.07) is 3.92. The first-order valence-corrected chi connectivity index (χ1v) is 11.4. The van der Waals surface area contributed by atoms with E-state index in [1.807, 2.05) is 36.0 Å². The third-order valence-corrected chi connectivity index (χ3v) is 7.23. The maximum atomic E-state index is 13.0. The van der Waals surface area contributed by atoms with Crippen LogP contribution in [-0.2, 0) is 0 Å². The first-order valence-electron chi connectivity index (χ1n) is 9.84. The Morgan fingerprint density at radius 2 is 2.17 bits per heavy atom. The number of carbonyl (C=O) groups is 2. The van der Waals surface area contributed by atoms with Crippen LogP contribution in [0.1, 0.15) is 42.9 Å². The highest BCUT2D eigenvalue weighted by molar-refractivity contribution is 7.20. The number of carbonyl (C=O) groups excluding carboxylic acids is 2. The molecule has 10 heteroatoms. The van der Waals surface area contributed by atoms with E-state index in [1.165, 1.54) is 11.3 Å². The minimum atomic E-state index is -0.0675. The standard InChI is InChI=1S/C20H24N6O2S2/c1-12-16(30-24-23-12)20(28)26-9-6-13(11-26)15-14-5-4-7-22-19(14)29-17(15)18(27)21-8-10-25(2)3/h4-5,7,13H,6,8-11H2,1-3H3,(H,21,27)/t13-/m0/s1. The Balaban J connectivity index is 1.59. The van der Waals surface area contributed by atoms with Crippen LogP contribution >= 0.6 is 22.9 Å². The summed E-state index contributed by atoms with van der Waals surface area (Å²) < 4.78 is 3.88. The average molecular weight is 445 g/mol. The quantitative estimate of drug-likeness (QED) is 0.628. The molecule has 1 fully saturated rings. The lowest BCUT2D eigenvalue weighted by molar-refractivity contribution is 0.0794. The van der Waals surface area contributed by atoms with Gasteiger partial charge in [-0.05, 0) is 50.6 Å². The number of aromatic nitrogens is 3. The van der Waals surface area contributed by atoms with Gasteiger partial charge >= 0.3 is 0 Å². The second kappa shape index (κ2) is 8.75. The van der Waals surface area contributed by atoms with Crippen LogP contribution in [0.4, 0.5) is 0 Å². The van der Waals surface area contributed by atoms with E-state index >= 15 is 0 Å². The average Bonchev–Trinajstić information content (AvgIpc) is 3.44. The fourth-order valence-corrected chi connectivity index (χ4v) is 5.52. The molecule has 4 heterocycles. The van der Waals surface area contributed by atoms with E-state index in [0.29, 0.717) is 35.1 Å². The lowest BCUT2D eigenvalue weighted by atomic mass is 9.95. The number of hydrogen-bond acceptors (Lipinski definition) is 8. The number of fused-ring (bicyclic) bond motifs is 1. The summed E-state index contributed by atoms with van der Waals surface area (Å²) in [5.74, 6) is 0.00413. The van der Waals surface area contributed by atoms with Crippen LogP contribution in [0.3, 0.4) is 0 Å². The lowest BCUT2D eigenvalue weighted by Crippen LogP contribution is -2.31. The van der Waals surface area contributed by atoms with E-state index in [-0.39, 0.29) is 17.7 Å². The molecule has 1 atom stereocenters. The fraction of sp³-hybridized carbons (Fsp3) is 0.450. The van der Waals surface area contributed by atoms with E-state index in [9.17, 15) is 9.59 Å². The smallest absolute Gasteiger partial charge is 0.267 e. The number of aryl methyl sites for hydroxylation is 1. The molecule has 30 heavy (non-hydrogen) atoms. The van der Waals surface area contributed by atoms with Crippen molar-refractivity contribution in [1.29, 1.82) is 0 Å². The number of thiophene rings is 1. The van der Waals surface area contributed by atoms with Crippen molar-refractivity contribution >= 4 is 44.9 Å². The van der Waals surface area contributed by atoms with Gasteiger partial charge in [0.15, 0.2) is 0 Å². The predicted molar refractivity (Wildman–Crippen MR) is 118 cm³/mol. The third-order valence-electron chi connectivity index (χ3n) is 5.28. The zero-order valence-electron chi connectivity index (χ0n) is 17.2. The van der Waals surface area contributed by atoms with Crippen LogP contribution in [0.5, 0.6) is 0 Å². The topological polar surface area (TPSA) is 91.3 Å². The van der Waals surface area contributed by atoms with E-state index < -0.39 is 0 Å². The molecule has 158 valence electrons. The highest BCUT2D eigenvalue weighted by Gasteiger charge is 2.34. The SMILES string of the molecule is Cc1nnsc1C(=O)N1CC[C@H](c2c(C(=O)NCCN(C)C)sc3ncccc23)C1. The summed E-state index contributed by atoms with van der Waals surface area (Å²) in [7, 11) is 3.96. The van der Waals surface area contributed by atoms with Crippen molar-refractivity contribution in [3.8, 4) is 0 Å². The van der Waals surface area contributed by atoms with Crippen molar-refractivity contribution in [3.63, 3.8) is 0 Å². The van der Waals surface area contributed by atoms with E-state index in [2.05, 4.69) is 19.9 Å². The van der Waals surface area contributed by atoms with Gasteiger partial charge in [0.25, 0.3) is 11.8 Å². The molecule has 0 saturated carbocycles. The van der Waals surface area contributed by atoms with Crippen LogP contribution in [0, 0.1) is 6.92 Å². The molecular formula is C20H24N6O2S2. The van der Waals surface area contributed by atoms with Gasteiger partial charge in [-0.3, -0.25) is 9.59 Å². The van der Waals surface area contributed by atoms with Crippen molar-refractivity contribution in [2.24, 2.45) is 0 Å². The van der Waals surface area contributed by atoms with Crippen LogP contribution < -0.4 is 5.32 Å². The summed E-state index contributed by atoms with van der Waals surface area (Å²) >= 11 is 2.57. The second-order valence-corrected chi connectivity index (χ2v) is 9.44. The van der Waals surface area contributed by atoms with Gasteiger partial charge in [-0.1, -0.05) is 10.6 Å². The maximum absolute atomic E-state index is 13.0. The Morgan fingerprint density at radius 1 is 1.33 bits per heavy atom. The number of pyridine rings is 1. The molecule has 3 aromatic heterocycles. The number of hydrogen-bond donors (Lipinski definition) is 1. The summed E-state index contributed by atoms with van der Waals surface area (Å²) in [4.78, 5) is 36.4. The molecular weight excluding hydrogens is 420 g/mol. The molecule has 1 N–H and O–H groups in total. The normalized spacial score (nSPS) is 16.5. The Hall–Kier alpha value is -2.43. The number of likely N-dealkylation sites (N-methyl/N-ethyl adjacent to an activating group) is 1. The third kappa shape index (κ3) is 4.07. The minimum Gasteiger partial charge on any atom is -0.350 e. The Bertz CT molecular complexity index is 1080. The molecule has 3 aromatic rings. The van der Waals surface area contributed by atoms with Crippen molar-refractivity contribution < 1.29 is 9.59 Å². The lowest BCUT2D eigenvalue weighted by Gasteiger charge is -2.16. The zero-order valence-corrected chi connectivity index (χ0v) is 18.8. The van der Waals surface area contributed by atoms with Gasteiger partial charge in [-0.15, -0.1) is 16.4 Å². The van der Waals surface area contributed by atoms with Gasteiger partial charge < -0.3 is 15.1 Å². The van der Waals surface area contributed by atoms with Crippen LogP contribution in [-0.4, -0.2) is 76.5 Å². The molecule has 1 saturated heterocycles. The highest BCUT2D eigenvalue weighted by Crippen LogP contribution is 2.39.